The second kappa shape index (κ2) is 7.07. The maximum atomic E-state index is 6.07. The largest absolute Gasteiger partial charge is 0.330 e. The summed E-state index contributed by atoms with van der Waals surface area (Å²) in [6.45, 7) is 6.46. The Kier molecular flexibility index (Phi) is 5.70. The fourth-order valence-corrected chi connectivity index (χ4v) is 4.55. The molecule has 1 aromatic heterocycles. The van der Waals surface area contributed by atoms with Crippen LogP contribution in [0.2, 0.25) is 4.34 Å². The van der Waals surface area contributed by atoms with Crippen LogP contribution in [0.3, 0.4) is 0 Å². The number of rotatable bonds is 5. The molecule has 108 valence electrons. The minimum absolute atomic E-state index is 0.444. The Balaban J connectivity index is 2.13. The van der Waals surface area contributed by atoms with Crippen LogP contribution in [0.25, 0.3) is 0 Å². The van der Waals surface area contributed by atoms with E-state index in [4.69, 9.17) is 17.3 Å². The maximum absolute atomic E-state index is 6.07. The van der Waals surface area contributed by atoms with E-state index in [1.807, 2.05) is 6.07 Å². The molecular formula is C15H25ClN2S. The van der Waals surface area contributed by atoms with Crippen molar-refractivity contribution in [3.63, 3.8) is 0 Å². The van der Waals surface area contributed by atoms with Gasteiger partial charge in [-0.25, -0.2) is 0 Å². The lowest BCUT2D eigenvalue weighted by atomic mass is 9.83. The lowest BCUT2D eigenvalue weighted by Gasteiger charge is -2.42. The van der Waals surface area contributed by atoms with Crippen molar-refractivity contribution in [3.8, 4) is 0 Å². The molecule has 1 aromatic rings. The zero-order valence-electron chi connectivity index (χ0n) is 11.9. The van der Waals surface area contributed by atoms with Crippen molar-refractivity contribution in [3.05, 3.63) is 21.3 Å². The van der Waals surface area contributed by atoms with Crippen molar-refractivity contribution in [1.82, 2.24) is 4.90 Å². The van der Waals surface area contributed by atoms with Gasteiger partial charge in [-0.3, -0.25) is 4.90 Å². The Hall–Kier alpha value is -0.0900. The monoisotopic (exact) mass is 300 g/mol. The molecule has 0 spiro atoms. The molecule has 0 aromatic carbocycles. The highest BCUT2D eigenvalue weighted by Gasteiger charge is 2.31. The zero-order chi connectivity index (χ0) is 13.8. The Morgan fingerprint density at radius 3 is 2.74 bits per heavy atom. The molecule has 0 saturated heterocycles. The smallest absolute Gasteiger partial charge is 0.0931 e. The van der Waals surface area contributed by atoms with E-state index in [1.165, 1.54) is 30.6 Å². The van der Waals surface area contributed by atoms with E-state index in [9.17, 15) is 0 Å². The lowest BCUT2D eigenvalue weighted by Crippen LogP contribution is -2.45. The van der Waals surface area contributed by atoms with Crippen LogP contribution in [0.4, 0.5) is 0 Å². The maximum Gasteiger partial charge on any atom is 0.0931 e. The van der Waals surface area contributed by atoms with Gasteiger partial charge < -0.3 is 5.73 Å². The van der Waals surface area contributed by atoms with E-state index in [0.717, 1.165) is 17.4 Å². The number of nitrogens with two attached hydrogens (primary N) is 1. The Labute approximate surface area is 125 Å². The van der Waals surface area contributed by atoms with Crippen LogP contribution in [-0.2, 0) is 0 Å². The SMILES string of the molecule is CCN(C(C)c1ccc(Cl)s1)C1CCCCC1CN. The van der Waals surface area contributed by atoms with Crippen LogP contribution >= 0.6 is 22.9 Å². The number of halogens is 1. The van der Waals surface area contributed by atoms with Crippen LogP contribution in [0.1, 0.15) is 50.4 Å². The van der Waals surface area contributed by atoms with Gasteiger partial charge in [0.25, 0.3) is 0 Å². The highest BCUT2D eigenvalue weighted by atomic mass is 35.5. The molecule has 0 bridgehead atoms. The molecule has 19 heavy (non-hydrogen) atoms. The summed E-state index contributed by atoms with van der Waals surface area (Å²) in [6.07, 6.45) is 5.26. The van der Waals surface area contributed by atoms with Gasteiger partial charge in [0, 0.05) is 17.0 Å². The molecule has 2 nitrogen and oxygen atoms in total. The predicted molar refractivity (Wildman–Crippen MR) is 84.9 cm³/mol. The molecule has 0 amide bonds. The summed E-state index contributed by atoms with van der Waals surface area (Å²) >= 11 is 7.78. The summed E-state index contributed by atoms with van der Waals surface area (Å²) in [4.78, 5) is 3.99. The first-order chi connectivity index (χ1) is 9.17. The van der Waals surface area contributed by atoms with Crippen molar-refractivity contribution in [2.45, 2.75) is 51.6 Å². The molecule has 1 saturated carbocycles. The molecule has 1 heterocycles. The number of nitrogens with zero attached hydrogens (tertiary/aromatic N) is 1. The first-order valence-corrected chi connectivity index (χ1v) is 8.57. The summed E-state index contributed by atoms with van der Waals surface area (Å²) in [5.41, 5.74) is 5.98. The molecule has 1 fully saturated rings. The van der Waals surface area contributed by atoms with Gasteiger partial charge in [-0.05, 0) is 50.9 Å². The van der Waals surface area contributed by atoms with E-state index in [-0.39, 0.29) is 0 Å². The highest BCUT2D eigenvalue weighted by molar-refractivity contribution is 7.16. The standard InChI is InChI=1S/C15H25ClN2S/c1-3-18(11(2)14-8-9-15(16)19-14)13-7-5-4-6-12(13)10-17/h8-9,11-13H,3-7,10,17H2,1-2H3. The van der Waals surface area contributed by atoms with E-state index in [2.05, 4.69) is 24.8 Å². The van der Waals surface area contributed by atoms with Crippen LogP contribution in [0, 0.1) is 5.92 Å². The van der Waals surface area contributed by atoms with Gasteiger partial charge in [-0.15, -0.1) is 11.3 Å². The molecular weight excluding hydrogens is 276 g/mol. The topological polar surface area (TPSA) is 29.3 Å². The summed E-state index contributed by atoms with van der Waals surface area (Å²) in [6, 6.07) is 5.26. The highest BCUT2D eigenvalue weighted by Crippen LogP contribution is 2.36. The van der Waals surface area contributed by atoms with Crippen molar-refractivity contribution >= 4 is 22.9 Å². The fraction of sp³-hybridized carbons (Fsp3) is 0.733. The summed E-state index contributed by atoms with van der Waals surface area (Å²) in [5, 5.41) is 0. The Morgan fingerprint density at radius 2 is 2.16 bits per heavy atom. The third-order valence-corrected chi connectivity index (χ3v) is 5.87. The van der Waals surface area contributed by atoms with Crippen molar-refractivity contribution in [2.75, 3.05) is 13.1 Å². The number of hydrogen-bond donors (Lipinski definition) is 1. The lowest BCUT2D eigenvalue weighted by molar-refractivity contribution is 0.0783. The quantitative estimate of drug-likeness (QED) is 0.878. The van der Waals surface area contributed by atoms with Gasteiger partial charge >= 0.3 is 0 Å². The zero-order valence-corrected chi connectivity index (χ0v) is 13.5. The molecule has 2 rings (SSSR count). The average Bonchev–Trinajstić information content (AvgIpc) is 2.86. The van der Waals surface area contributed by atoms with Crippen LogP contribution < -0.4 is 5.73 Å². The Bertz CT molecular complexity index is 393. The summed E-state index contributed by atoms with van der Waals surface area (Å²) < 4.78 is 0.886. The second-order valence-corrected chi connectivity index (χ2v) is 7.24. The minimum atomic E-state index is 0.444. The summed E-state index contributed by atoms with van der Waals surface area (Å²) in [7, 11) is 0. The minimum Gasteiger partial charge on any atom is -0.330 e. The molecule has 2 N–H and O–H groups in total. The summed E-state index contributed by atoms with van der Waals surface area (Å²) in [5.74, 6) is 0.659. The van der Waals surface area contributed by atoms with E-state index >= 15 is 0 Å². The van der Waals surface area contributed by atoms with Gasteiger partial charge in [0.05, 0.1) is 4.34 Å². The number of thiophene rings is 1. The van der Waals surface area contributed by atoms with E-state index in [0.29, 0.717) is 18.0 Å². The van der Waals surface area contributed by atoms with Gasteiger partial charge in [0.15, 0.2) is 0 Å². The van der Waals surface area contributed by atoms with Gasteiger partial charge in [0.1, 0.15) is 0 Å². The van der Waals surface area contributed by atoms with Gasteiger partial charge in [-0.2, -0.15) is 0 Å². The molecule has 0 radical (unpaired) electrons. The van der Waals surface area contributed by atoms with E-state index in [1.54, 1.807) is 11.3 Å². The normalized spacial score (nSPS) is 25.7. The van der Waals surface area contributed by atoms with Crippen LogP contribution in [0.5, 0.6) is 0 Å². The first kappa shape index (κ1) is 15.3. The molecule has 3 unspecified atom stereocenters. The predicted octanol–water partition coefficient (Wildman–Crippen LogP) is 4.30. The van der Waals surface area contributed by atoms with Crippen molar-refractivity contribution in [1.29, 1.82) is 0 Å². The van der Waals surface area contributed by atoms with E-state index < -0.39 is 0 Å². The van der Waals surface area contributed by atoms with Crippen molar-refractivity contribution < 1.29 is 0 Å². The fourth-order valence-electron chi connectivity index (χ4n) is 3.41. The van der Waals surface area contributed by atoms with Gasteiger partial charge in [0.2, 0.25) is 0 Å². The first-order valence-electron chi connectivity index (χ1n) is 7.38. The Morgan fingerprint density at radius 1 is 1.42 bits per heavy atom. The van der Waals surface area contributed by atoms with Crippen molar-refractivity contribution in [2.24, 2.45) is 11.7 Å². The molecule has 1 aliphatic carbocycles. The van der Waals surface area contributed by atoms with Crippen LogP contribution in [-0.4, -0.2) is 24.0 Å². The molecule has 1 aliphatic rings. The third kappa shape index (κ3) is 3.52. The van der Waals surface area contributed by atoms with Crippen LogP contribution in [0.15, 0.2) is 12.1 Å². The number of hydrogen-bond acceptors (Lipinski definition) is 3. The molecule has 4 heteroatoms. The molecule has 3 atom stereocenters. The second-order valence-electron chi connectivity index (χ2n) is 5.50. The molecule has 0 aliphatic heterocycles. The van der Waals surface area contributed by atoms with Gasteiger partial charge in [-0.1, -0.05) is 31.4 Å². The third-order valence-electron chi connectivity index (χ3n) is 4.47. The average molecular weight is 301 g/mol.